The molecule has 1 aromatic rings. The molecule has 0 heterocycles. The quantitative estimate of drug-likeness (QED) is 0.671. The zero-order valence-corrected chi connectivity index (χ0v) is 13.9. The molecule has 0 saturated heterocycles. The molecule has 0 fully saturated rings. The van der Waals surface area contributed by atoms with Gasteiger partial charge in [-0.15, -0.1) is 0 Å². The van der Waals surface area contributed by atoms with E-state index in [1.807, 2.05) is 36.6 Å². The molecule has 1 unspecified atom stereocenters. The van der Waals surface area contributed by atoms with Gasteiger partial charge in [0.1, 0.15) is 0 Å². The summed E-state index contributed by atoms with van der Waals surface area (Å²) in [4.78, 5) is 23.4. The SMILES string of the molecule is COC(CCSC)CNC(=O)C(=O)NCCc1ccccc1. The van der Waals surface area contributed by atoms with Crippen LogP contribution in [0.4, 0.5) is 0 Å². The summed E-state index contributed by atoms with van der Waals surface area (Å²) in [6, 6.07) is 9.81. The van der Waals surface area contributed by atoms with E-state index in [4.69, 9.17) is 4.74 Å². The lowest BCUT2D eigenvalue weighted by atomic mass is 10.1. The van der Waals surface area contributed by atoms with Gasteiger partial charge < -0.3 is 15.4 Å². The predicted molar refractivity (Wildman–Crippen MR) is 90.0 cm³/mol. The molecule has 2 amide bonds. The van der Waals surface area contributed by atoms with Crippen molar-refractivity contribution in [3.63, 3.8) is 0 Å². The van der Waals surface area contributed by atoms with Gasteiger partial charge in [0.15, 0.2) is 0 Å². The molecule has 22 heavy (non-hydrogen) atoms. The minimum absolute atomic E-state index is 0.0616. The van der Waals surface area contributed by atoms with Crippen molar-refractivity contribution in [1.29, 1.82) is 0 Å². The monoisotopic (exact) mass is 324 g/mol. The fourth-order valence-electron chi connectivity index (χ4n) is 1.88. The molecule has 1 atom stereocenters. The smallest absolute Gasteiger partial charge is 0.309 e. The molecule has 0 aliphatic heterocycles. The first kappa shape index (κ1) is 18.5. The standard InChI is InChI=1S/C16H24N2O3S/c1-21-14(9-11-22-2)12-18-16(20)15(19)17-10-8-13-6-4-3-5-7-13/h3-7,14H,8-12H2,1-2H3,(H,17,19)(H,18,20). The van der Waals surface area contributed by atoms with E-state index >= 15 is 0 Å². The number of amides is 2. The highest BCUT2D eigenvalue weighted by Crippen LogP contribution is 2.02. The van der Waals surface area contributed by atoms with Crippen molar-refractivity contribution in [3.8, 4) is 0 Å². The van der Waals surface area contributed by atoms with Gasteiger partial charge in [-0.25, -0.2) is 0 Å². The first-order chi connectivity index (χ1) is 10.7. The zero-order valence-electron chi connectivity index (χ0n) is 13.1. The van der Waals surface area contributed by atoms with Crippen LogP contribution < -0.4 is 10.6 Å². The molecule has 0 saturated carbocycles. The van der Waals surface area contributed by atoms with Crippen molar-refractivity contribution in [2.45, 2.75) is 18.9 Å². The van der Waals surface area contributed by atoms with Crippen LogP contribution in [0.3, 0.4) is 0 Å². The molecule has 0 aromatic heterocycles. The van der Waals surface area contributed by atoms with Crippen LogP contribution in [-0.2, 0) is 20.7 Å². The summed E-state index contributed by atoms with van der Waals surface area (Å²) in [6.07, 6.45) is 3.50. The third kappa shape index (κ3) is 7.47. The zero-order chi connectivity index (χ0) is 16.2. The Morgan fingerprint density at radius 1 is 1.18 bits per heavy atom. The van der Waals surface area contributed by atoms with Crippen LogP contribution in [0.2, 0.25) is 0 Å². The third-order valence-electron chi connectivity index (χ3n) is 3.22. The van der Waals surface area contributed by atoms with Crippen molar-refractivity contribution in [2.24, 2.45) is 0 Å². The van der Waals surface area contributed by atoms with Gasteiger partial charge >= 0.3 is 11.8 Å². The molecule has 1 aromatic carbocycles. The predicted octanol–water partition coefficient (Wildman–Crippen LogP) is 1.23. The number of nitrogens with one attached hydrogen (secondary N) is 2. The normalized spacial score (nSPS) is 11.7. The van der Waals surface area contributed by atoms with E-state index in [0.717, 1.165) is 17.7 Å². The van der Waals surface area contributed by atoms with Gasteiger partial charge in [0, 0.05) is 20.2 Å². The highest BCUT2D eigenvalue weighted by molar-refractivity contribution is 7.98. The Bertz CT molecular complexity index is 454. The third-order valence-corrected chi connectivity index (χ3v) is 3.86. The Morgan fingerprint density at radius 2 is 1.86 bits per heavy atom. The van der Waals surface area contributed by atoms with E-state index in [9.17, 15) is 9.59 Å². The van der Waals surface area contributed by atoms with E-state index in [2.05, 4.69) is 10.6 Å². The van der Waals surface area contributed by atoms with Crippen LogP contribution in [0.5, 0.6) is 0 Å². The number of rotatable bonds is 9. The fraction of sp³-hybridized carbons (Fsp3) is 0.500. The minimum atomic E-state index is -0.612. The number of thioether (sulfide) groups is 1. The van der Waals surface area contributed by atoms with Crippen molar-refractivity contribution >= 4 is 23.6 Å². The van der Waals surface area contributed by atoms with E-state index in [1.54, 1.807) is 18.9 Å². The van der Waals surface area contributed by atoms with Crippen molar-refractivity contribution < 1.29 is 14.3 Å². The number of ether oxygens (including phenoxy) is 1. The van der Waals surface area contributed by atoms with E-state index in [1.165, 1.54) is 0 Å². The van der Waals surface area contributed by atoms with Crippen LogP contribution in [0.25, 0.3) is 0 Å². The molecular weight excluding hydrogens is 300 g/mol. The first-order valence-electron chi connectivity index (χ1n) is 7.29. The number of hydrogen-bond acceptors (Lipinski definition) is 4. The van der Waals surface area contributed by atoms with Gasteiger partial charge in [0.05, 0.1) is 6.10 Å². The molecule has 0 aliphatic rings. The Balaban J connectivity index is 2.22. The largest absolute Gasteiger partial charge is 0.380 e. The number of benzene rings is 1. The molecule has 0 radical (unpaired) electrons. The summed E-state index contributed by atoms with van der Waals surface area (Å²) in [5.74, 6) is -0.257. The lowest BCUT2D eigenvalue weighted by Crippen LogP contribution is -2.43. The van der Waals surface area contributed by atoms with Crippen LogP contribution in [-0.4, -0.2) is 50.1 Å². The maximum Gasteiger partial charge on any atom is 0.309 e. The second-order valence-electron chi connectivity index (χ2n) is 4.84. The lowest BCUT2D eigenvalue weighted by Gasteiger charge is -2.15. The van der Waals surface area contributed by atoms with Gasteiger partial charge in [-0.3, -0.25) is 9.59 Å². The Kier molecular flexibility index (Phi) is 9.34. The molecule has 1 rings (SSSR count). The van der Waals surface area contributed by atoms with Crippen LogP contribution in [0.1, 0.15) is 12.0 Å². The topological polar surface area (TPSA) is 67.4 Å². The lowest BCUT2D eigenvalue weighted by molar-refractivity contribution is -0.139. The van der Waals surface area contributed by atoms with E-state index < -0.39 is 11.8 Å². The van der Waals surface area contributed by atoms with Gasteiger partial charge in [-0.1, -0.05) is 30.3 Å². The molecule has 6 heteroatoms. The maximum absolute atomic E-state index is 11.7. The average molecular weight is 324 g/mol. The number of methoxy groups -OCH3 is 1. The summed E-state index contributed by atoms with van der Waals surface area (Å²) >= 11 is 1.72. The van der Waals surface area contributed by atoms with E-state index in [-0.39, 0.29) is 6.10 Å². The Morgan fingerprint density at radius 3 is 2.50 bits per heavy atom. The second kappa shape index (κ2) is 11.1. The Hall–Kier alpha value is -1.53. The van der Waals surface area contributed by atoms with Crippen molar-refractivity contribution in [2.75, 3.05) is 32.2 Å². The van der Waals surface area contributed by atoms with Crippen LogP contribution >= 0.6 is 11.8 Å². The minimum Gasteiger partial charge on any atom is -0.380 e. The molecule has 0 spiro atoms. The number of carbonyl (C=O) groups excluding carboxylic acids is 2. The van der Waals surface area contributed by atoms with Gasteiger partial charge in [-0.05, 0) is 30.4 Å². The molecule has 122 valence electrons. The summed E-state index contributed by atoms with van der Waals surface area (Å²) < 4.78 is 5.26. The van der Waals surface area contributed by atoms with Gasteiger partial charge in [-0.2, -0.15) is 11.8 Å². The maximum atomic E-state index is 11.7. The van der Waals surface area contributed by atoms with Gasteiger partial charge in [0.2, 0.25) is 0 Å². The summed E-state index contributed by atoms with van der Waals surface area (Å²) in [7, 11) is 1.61. The highest BCUT2D eigenvalue weighted by atomic mass is 32.2. The molecule has 0 aliphatic carbocycles. The number of hydrogen-bond donors (Lipinski definition) is 2. The van der Waals surface area contributed by atoms with E-state index in [0.29, 0.717) is 19.5 Å². The van der Waals surface area contributed by atoms with Gasteiger partial charge in [0.25, 0.3) is 0 Å². The van der Waals surface area contributed by atoms with Crippen molar-refractivity contribution in [3.05, 3.63) is 35.9 Å². The summed E-state index contributed by atoms with van der Waals surface area (Å²) in [6.45, 7) is 0.790. The molecule has 5 nitrogen and oxygen atoms in total. The summed E-state index contributed by atoms with van der Waals surface area (Å²) in [5.41, 5.74) is 1.12. The molecule has 2 N–H and O–H groups in total. The van der Waals surface area contributed by atoms with Crippen LogP contribution in [0, 0.1) is 0 Å². The summed E-state index contributed by atoms with van der Waals surface area (Å²) in [5, 5.41) is 5.23. The highest BCUT2D eigenvalue weighted by Gasteiger charge is 2.15. The van der Waals surface area contributed by atoms with Crippen molar-refractivity contribution in [1.82, 2.24) is 10.6 Å². The second-order valence-corrected chi connectivity index (χ2v) is 5.83. The first-order valence-corrected chi connectivity index (χ1v) is 8.68. The molecule has 0 bridgehead atoms. The number of carbonyl (C=O) groups is 2. The average Bonchev–Trinajstić information content (AvgIpc) is 2.55. The molecular formula is C16H24N2O3S. The fourth-order valence-corrected chi connectivity index (χ4v) is 2.38. The van der Waals surface area contributed by atoms with Crippen LogP contribution in [0.15, 0.2) is 30.3 Å². The Labute approximate surface area is 136 Å².